The molecule has 2 nitrogen and oxygen atoms in total. The Morgan fingerprint density at radius 2 is 1.18 bits per heavy atom. The van der Waals surface area contributed by atoms with Gasteiger partial charge in [0, 0.05) is 19.3 Å². The van der Waals surface area contributed by atoms with Crippen LogP contribution in [0, 0.1) is 29.4 Å². The summed E-state index contributed by atoms with van der Waals surface area (Å²) in [5, 5.41) is 0. The number of ether oxygens (including phenoxy) is 2. The smallest absolute Gasteiger partial charge is 0.169 e. The molecule has 2 aromatic rings. The molecule has 0 radical (unpaired) electrons. The van der Waals surface area contributed by atoms with Crippen molar-refractivity contribution in [2.24, 2.45) is 17.8 Å². The van der Waals surface area contributed by atoms with Crippen LogP contribution in [-0.4, -0.2) is 5.79 Å². The summed E-state index contributed by atoms with van der Waals surface area (Å²) in [6.07, 6.45) is 12.6. The van der Waals surface area contributed by atoms with Gasteiger partial charge in [-0.15, -0.1) is 0 Å². The van der Waals surface area contributed by atoms with E-state index in [0.717, 1.165) is 54.6 Å². The third kappa shape index (κ3) is 5.39. The van der Waals surface area contributed by atoms with Gasteiger partial charge in [0.05, 0.1) is 12.2 Å². The van der Waals surface area contributed by atoms with Gasteiger partial charge in [-0.25, -0.2) is 8.78 Å². The van der Waals surface area contributed by atoms with Crippen molar-refractivity contribution in [1.82, 2.24) is 0 Å². The molecular formula is C30H38F2O2. The number of hydrogen-bond acceptors (Lipinski definition) is 2. The van der Waals surface area contributed by atoms with Crippen molar-refractivity contribution < 1.29 is 18.3 Å². The molecule has 1 spiro atoms. The first-order valence-electron chi connectivity index (χ1n) is 13.4. The van der Waals surface area contributed by atoms with E-state index in [2.05, 4.69) is 6.92 Å². The van der Waals surface area contributed by atoms with Crippen LogP contribution in [0.15, 0.2) is 48.5 Å². The summed E-state index contributed by atoms with van der Waals surface area (Å²) in [7, 11) is 0. The topological polar surface area (TPSA) is 18.5 Å². The van der Waals surface area contributed by atoms with Crippen LogP contribution >= 0.6 is 0 Å². The highest BCUT2D eigenvalue weighted by Crippen LogP contribution is 2.51. The summed E-state index contributed by atoms with van der Waals surface area (Å²) in [6.45, 7) is 2.30. The molecule has 2 saturated carbocycles. The zero-order valence-corrected chi connectivity index (χ0v) is 20.4. The molecule has 4 heteroatoms. The molecule has 0 aromatic heterocycles. The molecule has 1 saturated heterocycles. The van der Waals surface area contributed by atoms with E-state index in [0.29, 0.717) is 6.42 Å². The van der Waals surface area contributed by atoms with E-state index in [4.69, 9.17) is 9.47 Å². The third-order valence-corrected chi connectivity index (χ3v) is 8.67. The Morgan fingerprint density at radius 1 is 0.706 bits per heavy atom. The lowest BCUT2D eigenvalue weighted by Crippen LogP contribution is -2.46. The molecule has 1 aliphatic heterocycles. The fourth-order valence-corrected chi connectivity index (χ4v) is 6.74. The van der Waals surface area contributed by atoms with Crippen LogP contribution in [0.3, 0.4) is 0 Å². The highest BCUT2D eigenvalue weighted by molar-refractivity contribution is 5.23. The molecule has 0 N–H and O–H groups in total. The highest BCUT2D eigenvalue weighted by atomic mass is 19.1. The van der Waals surface area contributed by atoms with Gasteiger partial charge in [0.25, 0.3) is 0 Å². The molecule has 2 aliphatic carbocycles. The number of rotatable bonds is 5. The minimum atomic E-state index is -0.619. The van der Waals surface area contributed by atoms with Gasteiger partial charge in [0.1, 0.15) is 11.6 Å². The lowest BCUT2D eigenvalue weighted by atomic mass is 9.69. The van der Waals surface area contributed by atoms with Gasteiger partial charge >= 0.3 is 0 Å². The molecular weight excluding hydrogens is 430 g/mol. The first kappa shape index (κ1) is 23.9. The molecule has 5 rings (SSSR count). The predicted octanol–water partition coefficient (Wildman–Crippen LogP) is 8.68. The van der Waals surface area contributed by atoms with E-state index < -0.39 is 5.79 Å². The van der Waals surface area contributed by atoms with Crippen molar-refractivity contribution in [3.63, 3.8) is 0 Å². The molecule has 2 atom stereocenters. The van der Waals surface area contributed by atoms with Crippen LogP contribution in [0.4, 0.5) is 8.78 Å². The van der Waals surface area contributed by atoms with Gasteiger partial charge in [-0.3, -0.25) is 0 Å². The summed E-state index contributed by atoms with van der Waals surface area (Å²) in [4.78, 5) is 0. The summed E-state index contributed by atoms with van der Waals surface area (Å²) in [6, 6.07) is 13.3. The Labute approximate surface area is 203 Å². The predicted molar refractivity (Wildman–Crippen MR) is 130 cm³/mol. The van der Waals surface area contributed by atoms with Crippen molar-refractivity contribution in [2.45, 2.75) is 95.5 Å². The van der Waals surface area contributed by atoms with Crippen LogP contribution in [-0.2, 0) is 9.47 Å². The second-order valence-corrected chi connectivity index (χ2v) is 10.9. The van der Waals surface area contributed by atoms with Gasteiger partial charge in [0.15, 0.2) is 5.79 Å². The Balaban J connectivity index is 1.29. The standard InChI is InChI=1S/C30H38F2O2/c1-2-3-21-4-6-22(7-5-21)23-16-18-30(19-17-23)33-28(24-8-12-26(31)13-9-24)20-29(34-30)25-10-14-27(32)15-11-25/h8-15,21-23,28-29H,2-7,16-20H2,1H3. The van der Waals surface area contributed by atoms with Crippen LogP contribution in [0.2, 0.25) is 0 Å². The fourth-order valence-electron chi connectivity index (χ4n) is 6.74. The lowest BCUT2D eigenvalue weighted by molar-refractivity contribution is -0.337. The van der Waals surface area contributed by atoms with E-state index in [9.17, 15) is 8.78 Å². The molecule has 0 bridgehead atoms. The highest BCUT2D eigenvalue weighted by Gasteiger charge is 2.47. The molecule has 2 unspecified atom stereocenters. The lowest BCUT2D eigenvalue weighted by Gasteiger charge is -2.49. The Morgan fingerprint density at radius 3 is 1.65 bits per heavy atom. The largest absolute Gasteiger partial charge is 0.342 e. The van der Waals surface area contributed by atoms with E-state index in [1.54, 1.807) is 0 Å². The van der Waals surface area contributed by atoms with Crippen LogP contribution in [0.1, 0.15) is 101 Å². The first-order valence-corrected chi connectivity index (χ1v) is 13.4. The van der Waals surface area contributed by atoms with Crippen LogP contribution in [0.5, 0.6) is 0 Å². The Kier molecular flexibility index (Phi) is 7.36. The average molecular weight is 469 g/mol. The van der Waals surface area contributed by atoms with E-state index >= 15 is 0 Å². The SMILES string of the molecule is CCCC1CCC(C2CCC3(CC2)OC(c2ccc(F)cc2)CC(c2ccc(F)cc2)O3)CC1. The zero-order chi connectivity index (χ0) is 23.5. The Bertz CT molecular complexity index is 854. The molecule has 0 amide bonds. The van der Waals surface area contributed by atoms with Gasteiger partial charge < -0.3 is 9.47 Å². The van der Waals surface area contributed by atoms with Gasteiger partial charge in [-0.2, -0.15) is 0 Å². The van der Waals surface area contributed by atoms with Gasteiger partial charge in [-0.05, 0) is 78.8 Å². The third-order valence-electron chi connectivity index (χ3n) is 8.67. The zero-order valence-electron chi connectivity index (χ0n) is 20.4. The van der Waals surface area contributed by atoms with Gasteiger partial charge in [-0.1, -0.05) is 56.9 Å². The number of benzene rings is 2. The maximum atomic E-state index is 13.6. The van der Waals surface area contributed by atoms with E-state index in [1.807, 2.05) is 24.3 Å². The maximum absolute atomic E-state index is 13.6. The van der Waals surface area contributed by atoms with Crippen molar-refractivity contribution in [3.05, 3.63) is 71.3 Å². The fraction of sp³-hybridized carbons (Fsp3) is 0.600. The number of halogens is 2. The van der Waals surface area contributed by atoms with Crippen LogP contribution < -0.4 is 0 Å². The van der Waals surface area contributed by atoms with Crippen LogP contribution in [0.25, 0.3) is 0 Å². The summed E-state index contributed by atoms with van der Waals surface area (Å²) in [5.74, 6) is 1.44. The van der Waals surface area contributed by atoms with Crippen molar-refractivity contribution in [1.29, 1.82) is 0 Å². The minimum Gasteiger partial charge on any atom is -0.342 e. The van der Waals surface area contributed by atoms with Crippen molar-refractivity contribution in [3.8, 4) is 0 Å². The van der Waals surface area contributed by atoms with Gasteiger partial charge in [0.2, 0.25) is 0 Å². The minimum absolute atomic E-state index is 0.162. The summed E-state index contributed by atoms with van der Waals surface area (Å²) in [5.41, 5.74) is 1.96. The van der Waals surface area contributed by atoms with E-state index in [1.165, 1.54) is 62.8 Å². The normalized spacial score (nSPS) is 34.3. The van der Waals surface area contributed by atoms with E-state index in [-0.39, 0.29) is 23.8 Å². The molecule has 3 fully saturated rings. The molecule has 2 aromatic carbocycles. The summed E-state index contributed by atoms with van der Waals surface area (Å²) >= 11 is 0. The monoisotopic (exact) mass is 468 g/mol. The molecule has 184 valence electrons. The summed E-state index contributed by atoms with van der Waals surface area (Å²) < 4.78 is 40.5. The first-order chi connectivity index (χ1) is 16.5. The maximum Gasteiger partial charge on any atom is 0.169 e. The van der Waals surface area contributed by atoms with Crippen molar-refractivity contribution >= 4 is 0 Å². The average Bonchev–Trinajstić information content (AvgIpc) is 2.86. The Hall–Kier alpha value is -1.78. The van der Waals surface area contributed by atoms with Crippen molar-refractivity contribution in [2.75, 3.05) is 0 Å². The molecule has 3 aliphatic rings. The second kappa shape index (κ2) is 10.5. The molecule has 1 heterocycles. The molecule has 34 heavy (non-hydrogen) atoms. The number of hydrogen-bond donors (Lipinski definition) is 0. The second-order valence-electron chi connectivity index (χ2n) is 10.9. The quantitative estimate of drug-likeness (QED) is 0.437.